The fraction of sp³-hybridized carbons (Fsp3) is 0.615. The largest absolute Gasteiger partial charge is 0.478 e. The third kappa shape index (κ3) is 4.62. The predicted octanol–water partition coefficient (Wildman–Crippen LogP) is 2.92. The van der Waals surface area contributed by atoms with E-state index in [1.165, 1.54) is 6.42 Å². The van der Waals surface area contributed by atoms with E-state index >= 15 is 0 Å². The van der Waals surface area contributed by atoms with E-state index in [-0.39, 0.29) is 6.04 Å². The number of hydrogen-bond acceptors (Lipinski definition) is 3. The summed E-state index contributed by atoms with van der Waals surface area (Å²) in [5.41, 5.74) is 6.77. The summed E-state index contributed by atoms with van der Waals surface area (Å²) in [6.45, 7) is 7.12. The van der Waals surface area contributed by atoms with Crippen molar-refractivity contribution in [3.8, 4) is 5.88 Å². The maximum absolute atomic E-state index is 5.74. The maximum Gasteiger partial charge on any atom is 0.213 e. The molecule has 1 atom stereocenters. The average Bonchev–Trinajstić information content (AvgIpc) is 2.25. The number of pyridine rings is 1. The number of ether oxygens (including phenoxy) is 1. The lowest BCUT2D eigenvalue weighted by molar-refractivity contribution is 0.287. The first kappa shape index (κ1) is 13.0. The van der Waals surface area contributed by atoms with Crippen LogP contribution in [0.25, 0.3) is 0 Å². The summed E-state index contributed by atoms with van der Waals surface area (Å²) in [6.07, 6.45) is 4.05. The zero-order valence-corrected chi connectivity index (χ0v) is 10.4. The van der Waals surface area contributed by atoms with Crippen molar-refractivity contribution in [1.29, 1.82) is 0 Å². The first-order chi connectivity index (χ1) is 7.59. The Labute approximate surface area is 98.0 Å². The van der Waals surface area contributed by atoms with Gasteiger partial charge in [-0.15, -0.1) is 0 Å². The summed E-state index contributed by atoms with van der Waals surface area (Å²) in [5, 5.41) is 0. The molecule has 1 aromatic rings. The molecule has 2 N–H and O–H groups in total. The van der Waals surface area contributed by atoms with Gasteiger partial charge in [-0.3, -0.25) is 0 Å². The predicted molar refractivity (Wildman–Crippen MR) is 66.4 cm³/mol. The highest BCUT2D eigenvalue weighted by Crippen LogP contribution is 2.13. The van der Waals surface area contributed by atoms with E-state index in [0.717, 1.165) is 24.5 Å². The lowest BCUT2D eigenvalue weighted by Crippen LogP contribution is -2.06. The van der Waals surface area contributed by atoms with E-state index in [1.807, 2.05) is 19.1 Å². The minimum Gasteiger partial charge on any atom is -0.478 e. The Morgan fingerprint density at radius 2 is 2.06 bits per heavy atom. The molecule has 0 aromatic carbocycles. The highest BCUT2D eigenvalue weighted by molar-refractivity contribution is 5.19. The van der Waals surface area contributed by atoms with Gasteiger partial charge in [-0.1, -0.05) is 19.9 Å². The fourth-order valence-corrected chi connectivity index (χ4v) is 1.41. The van der Waals surface area contributed by atoms with Gasteiger partial charge in [0.25, 0.3) is 0 Å². The van der Waals surface area contributed by atoms with Crippen LogP contribution in [0.4, 0.5) is 0 Å². The van der Waals surface area contributed by atoms with Crippen LogP contribution in [0.5, 0.6) is 5.88 Å². The molecule has 1 aromatic heterocycles. The molecule has 0 aliphatic heterocycles. The molecule has 0 aliphatic carbocycles. The SMILES string of the molecule is CC(C)CCCOc1ccc([C@H](C)N)cn1. The van der Waals surface area contributed by atoms with Crippen LogP contribution < -0.4 is 10.5 Å². The van der Waals surface area contributed by atoms with Crippen LogP contribution in [-0.2, 0) is 0 Å². The first-order valence-corrected chi connectivity index (χ1v) is 5.94. The summed E-state index contributed by atoms with van der Waals surface area (Å²) in [6, 6.07) is 3.88. The molecule has 16 heavy (non-hydrogen) atoms. The molecule has 90 valence electrons. The Hall–Kier alpha value is -1.09. The maximum atomic E-state index is 5.74. The van der Waals surface area contributed by atoms with Crippen LogP contribution in [0.3, 0.4) is 0 Å². The zero-order chi connectivity index (χ0) is 12.0. The number of hydrogen-bond donors (Lipinski definition) is 1. The molecule has 0 spiro atoms. The molecule has 0 unspecified atom stereocenters. The van der Waals surface area contributed by atoms with Crippen LogP contribution in [0, 0.1) is 5.92 Å². The van der Waals surface area contributed by atoms with Crippen molar-refractivity contribution in [2.75, 3.05) is 6.61 Å². The van der Waals surface area contributed by atoms with E-state index < -0.39 is 0 Å². The van der Waals surface area contributed by atoms with Gasteiger partial charge in [0.15, 0.2) is 0 Å². The van der Waals surface area contributed by atoms with Crippen molar-refractivity contribution in [3.63, 3.8) is 0 Å². The van der Waals surface area contributed by atoms with Crippen molar-refractivity contribution in [2.24, 2.45) is 11.7 Å². The molecule has 0 saturated carbocycles. The molecule has 0 bridgehead atoms. The second-order valence-corrected chi connectivity index (χ2v) is 4.60. The van der Waals surface area contributed by atoms with Gasteiger partial charge in [0.05, 0.1) is 6.61 Å². The number of rotatable bonds is 6. The third-order valence-electron chi connectivity index (χ3n) is 2.46. The number of aromatic nitrogens is 1. The summed E-state index contributed by atoms with van der Waals surface area (Å²) in [5.74, 6) is 1.42. The van der Waals surface area contributed by atoms with Crippen molar-refractivity contribution in [3.05, 3.63) is 23.9 Å². The molecule has 3 nitrogen and oxygen atoms in total. The summed E-state index contributed by atoms with van der Waals surface area (Å²) in [7, 11) is 0. The molecule has 0 saturated heterocycles. The molecule has 0 fully saturated rings. The van der Waals surface area contributed by atoms with Gasteiger partial charge in [0.1, 0.15) is 0 Å². The molecule has 1 heterocycles. The van der Waals surface area contributed by atoms with Crippen molar-refractivity contribution < 1.29 is 4.74 Å². The van der Waals surface area contributed by atoms with Gasteiger partial charge >= 0.3 is 0 Å². The topological polar surface area (TPSA) is 48.1 Å². The normalized spacial score (nSPS) is 12.8. The van der Waals surface area contributed by atoms with Gasteiger partial charge in [-0.2, -0.15) is 0 Å². The Bertz CT molecular complexity index is 293. The smallest absolute Gasteiger partial charge is 0.213 e. The van der Waals surface area contributed by atoms with Gasteiger partial charge in [0.2, 0.25) is 5.88 Å². The van der Waals surface area contributed by atoms with Crippen molar-refractivity contribution in [2.45, 2.75) is 39.7 Å². The lowest BCUT2D eigenvalue weighted by atomic mass is 10.1. The minimum atomic E-state index is 0.0301. The first-order valence-electron chi connectivity index (χ1n) is 5.94. The van der Waals surface area contributed by atoms with Gasteiger partial charge in [0, 0.05) is 18.3 Å². The zero-order valence-electron chi connectivity index (χ0n) is 10.4. The van der Waals surface area contributed by atoms with Crippen LogP contribution >= 0.6 is 0 Å². The molecule has 0 aliphatic rings. The standard InChI is InChI=1S/C13H22N2O/c1-10(2)5-4-8-16-13-7-6-12(9-15-13)11(3)14/h6-7,9-11H,4-5,8,14H2,1-3H3/t11-/m0/s1. The van der Waals surface area contributed by atoms with Crippen LogP contribution in [0.2, 0.25) is 0 Å². The molecule has 0 amide bonds. The monoisotopic (exact) mass is 222 g/mol. The Kier molecular flexibility index (Phi) is 5.26. The molecule has 1 rings (SSSR count). The Balaban J connectivity index is 2.32. The van der Waals surface area contributed by atoms with Crippen LogP contribution in [0.15, 0.2) is 18.3 Å². The molecule has 0 radical (unpaired) electrons. The van der Waals surface area contributed by atoms with Crippen LogP contribution in [0.1, 0.15) is 45.2 Å². The summed E-state index contributed by atoms with van der Waals surface area (Å²) < 4.78 is 5.54. The molecule has 3 heteroatoms. The quantitative estimate of drug-likeness (QED) is 0.753. The van der Waals surface area contributed by atoms with Crippen LogP contribution in [-0.4, -0.2) is 11.6 Å². The molecular formula is C13H22N2O. The van der Waals surface area contributed by atoms with E-state index in [1.54, 1.807) is 6.20 Å². The van der Waals surface area contributed by atoms with Gasteiger partial charge in [-0.05, 0) is 31.2 Å². The van der Waals surface area contributed by atoms with E-state index in [4.69, 9.17) is 10.5 Å². The van der Waals surface area contributed by atoms with E-state index in [9.17, 15) is 0 Å². The second-order valence-electron chi connectivity index (χ2n) is 4.60. The van der Waals surface area contributed by atoms with Gasteiger partial charge in [-0.25, -0.2) is 4.98 Å². The fourth-order valence-electron chi connectivity index (χ4n) is 1.41. The summed E-state index contributed by atoms with van der Waals surface area (Å²) in [4.78, 5) is 4.21. The third-order valence-corrected chi connectivity index (χ3v) is 2.46. The van der Waals surface area contributed by atoms with Crippen molar-refractivity contribution >= 4 is 0 Å². The minimum absolute atomic E-state index is 0.0301. The van der Waals surface area contributed by atoms with E-state index in [2.05, 4.69) is 18.8 Å². The highest BCUT2D eigenvalue weighted by Gasteiger charge is 2.01. The highest BCUT2D eigenvalue weighted by atomic mass is 16.5. The molecular weight excluding hydrogens is 200 g/mol. The number of nitrogens with zero attached hydrogens (tertiary/aromatic N) is 1. The Morgan fingerprint density at radius 1 is 1.31 bits per heavy atom. The average molecular weight is 222 g/mol. The second kappa shape index (κ2) is 6.48. The number of nitrogens with two attached hydrogens (primary N) is 1. The lowest BCUT2D eigenvalue weighted by Gasteiger charge is -2.08. The van der Waals surface area contributed by atoms with Gasteiger partial charge < -0.3 is 10.5 Å². The van der Waals surface area contributed by atoms with E-state index in [0.29, 0.717) is 5.88 Å². The van der Waals surface area contributed by atoms with Crippen molar-refractivity contribution in [1.82, 2.24) is 4.98 Å². The Morgan fingerprint density at radius 3 is 2.56 bits per heavy atom. The summed E-state index contributed by atoms with van der Waals surface area (Å²) >= 11 is 0.